The smallest absolute Gasteiger partial charge is 0.328 e. The molecule has 1 aromatic rings. The first-order valence-electron chi connectivity index (χ1n) is 6.02. The molecule has 2 N–H and O–H groups in total. The summed E-state index contributed by atoms with van der Waals surface area (Å²) in [4.78, 5) is 22.1. The Balaban J connectivity index is 2.90. The Labute approximate surface area is 121 Å². The number of benzene rings is 1. The lowest BCUT2D eigenvalue weighted by atomic mass is 10.1. The summed E-state index contributed by atoms with van der Waals surface area (Å²) in [5.41, 5.74) is 0.217. The summed E-state index contributed by atoms with van der Waals surface area (Å²) in [5.74, 6) is 0.301. The zero-order valence-electron chi connectivity index (χ0n) is 11.3. The van der Waals surface area contributed by atoms with Crippen molar-refractivity contribution in [2.75, 3.05) is 6.54 Å². The standard InChI is InChI=1S/C15H14FNO4/c1-3-8-17-15(20)10(2)21-13-6-5-12(16)9-11(13)4-7-14(18)19/h1,4-7,9-10H,8H2,2H3,(H,17,20)(H,18,19)/b7-4+. The number of carbonyl (C=O) groups is 2. The third-order valence-electron chi connectivity index (χ3n) is 2.41. The van der Waals surface area contributed by atoms with Crippen LogP contribution in [0, 0.1) is 18.2 Å². The molecule has 1 atom stereocenters. The van der Waals surface area contributed by atoms with E-state index in [-0.39, 0.29) is 17.9 Å². The third-order valence-corrected chi connectivity index (χ3v) is 2.41. The number of hydrogen-bond acceptors (Lipinski definition) is 3. The van der Waals surface area contributed by atoms with Gasteiger partial charge < -0.3 is 15.2 Å². The molecule has 0 saturated heterocycles. The van der Waals surface area contributed by atoms with Gasteiger partial charge in [-0.3, -0.25) is 4.79 Å². The van der Waals surface area contributed by atoms with Crippen LogP contribution in [0.4, 0.5) is 4.39 Å². The van der Waals surface area contributed by atoms with Gasteiger partial charge in [-0.15, -0.1) is 6.42 Å². The lowest BCUT2D eigenvalue weighted by Crippen LogP contribution is -2.36. The summed E-state index contributed by atoms with van der Waals surface area (Å²) in [6.07, 6.45) is 6.21. The van der Waals surface area contributed by atoms with E-state index in [2.05, 4.69) is 11.2 Å². The first kappa shape index (κ1) is 16.2. The fourth-order valence-corrected chi connectivity index (χ4v) is 1.44. The Morgan fingerprint density at radius 2 is 2.29 bits per heavy atom. The van der Waals surface area contributed by atoms with Crippen molar-refractivity contribution in [2.24, 2.45) is 0 Å². The summed E-state index contributed by atoms with van der Waals surface area (Å²) in [7, 11) is 0. The second kappa shape index (κ2) is 7.70. The Bertz CT molecular complexity index is 604. The van der Waals surface area contributed by atoms with E-state index in [0.29, 0.717) is 0 Å². The molecule has 0 bridgehead atoms. The zero-order chi connectivity index (χ0) is 15.8. The number of rotatable bonds is 6. The van der Waals surface area contributed by atoms with Crippen LogP contribution in [0.2, 0.25) is 0 Å². The number of hydrogen-bond donors (Lipinski definition) is 2. The Hall–Kier alpha value is -2.81. The molecule has 0 aliphatic heterocycles. The lowest BCUT2D eigenvalue weighted by molar-refractivity contribution is -0.131. The molecule has 0 fully saturated rings. The van der Waals surface area contributed by atoms with Crippen LogP contribution in [0.5, 0.6) is 5.75 Å². The molecule has 1 aromatic carbocycles. The van der Waals surface area contributed by atoms with E-state index >= 15 is 0 Å². The van der Waals surface area contributed by atoms with E-state index < -0.39 is 23.8 Å². The van der Waals surface area contributed by atoms with E-state index in [4.69, 9.17) is 16.3 Å². The second-order valence-electron chi connectivity index (χ2n) is 4.04. The van der Waals surface area contributed by atoms with Gasteiger partial charge in [0.25, 0.3) is 5.91 Å². The minimum Gasteiger partial charge on any atom is -0.480 e. The molecule has 1 rings (SSSR count). The van der Waals surface area contributed by atoms with Crippen molar-refractivity contribution in [1.29, 1.82) is 0 Å². The highest BCUT2D eigenvalue weighted by Gasteiger charge is 2.15. The molecule has 6 heteroatoms. The van der Waals surface area contributed by atoms with Crippen molar-refractivity contribution in [1.82, 2.24) is 5.32 Å². The summed E-state index contributed by atoms with van der Waals surface area (Å²) in [6.45, 7) is 1.57. The third kappa shape index (κ3) is 5.37. The number of carbonyl (C=O) groups excluding carboxylic acids is 1. The lowest BCUT2D eigenvalue weighted by Gasteiger charge is -2.15. The van der Waals surface area contributed by atoms with Gasteiger partial charge in [-0.05, 0) is 31.2 Å². The molecule has 5 nitrogen and oxygen atoms in total. The number of amides is 1. The Kier molecular flexibility index (Phi) is 5.96. The van der Waals surface area contributed by atoms with Crippen LogP contribution in [0.1, 0.15) is 12.5 Å². The minimum absolute atomic E-state index is 0.0712. The van der Waals surface area contributed by atoms with E-state index in [1.807, 2.05) is 0 Å². The van der Waals surface area contributed by atoms with Crippen LogP contribution in [0.25, 0.3) is 6.08 Å². The molecule has 0 aliphatic carbocycles. The maximum atomic E-state index is 13.2. The van der Waals surface area contributed by atoms with E-state index in [1.165, 1.54) is 19.1 Å². The number of nitrogens with one attached hydrogen (secondary N) is 1. The number of aliphatic carboxylic acids is 1. The molecule has 110 valence electrons. The average molecular weight is 291 g/mol. The van der Waals surface area contributed by atoms with Gasteiger partial charge in [0, 0.05) is 11.6 Å². The van der Waals surface area contributed by atoms with Crippen LogP contribution in [-0.2, 0) is 9.59 Å². The predicted molar refractivity (Wildman–Crippen MR) is 75.0 cm³/mol. The van der Waals surface area contributed by atoms with Crippen molar-refractivity contribution < 1.29 is 23.8 Å². The minimum atomic E-state index is -1.18. The van der Waals surface area contributed by atoms with E-state index in [9.17, 15) is 14.0 Å². The quantitative estimate of drug-likeness (QED) is 0.614. The van der Waals surface area contributed by atoms with Gasteiger partial charge in [0.05, 0.1) is 6.54 Å². The maximum Gasteiger partial charge on any atom is 0.328 e. The number of halogens is 1. The average Bonchev–Trinajstić information content (AvgIpc) is 2.44. The number of carboxylic acid groups (broad SMARTS) is 1. The summed E-state index contributed by atoms with van der Waals surface area (Å²) in [5, 5.41) is 11.0. The van der Waals surface area contributed by atoms with Crippen LogP contribution in [0.3, 0.4) is 0 Å². The Morgan fingerprint density at radius 1 is 1.57 bits per heavy atom. The maximum absolute atomic E-state index is 13.2. The van der Waals surface area contributed by atoms with Gasteiger partial charge in [-0.1, -0.05) is 5.92 Å². The predicted octanol–water partition coefficient (Wildman–Crippen LogP) is 1.44. The largest absolute Gasteiger partial charge is 0.480 e. The van der Waals surface area contributed by atoms with Crippen LogP contribution in [0.15, 0.2) is 24.3 Å². The molecule has 0 spiro atoms. The zero-order valence-corrected chi connectivity index (χ0v) is 11.3. The highest BCUT2D eigenvalue weighted by Crippen LogP contribution is 2.22. The van der Waals surface area contributed by atoms with Crippen molar-refractivity contribution >= 4 is 18.0 Å². The molecule has 0 aliphatic rings. The molecule has 0 aromatic heterocycles. The molecule has 1 unspecified atom stereocenters. The molecular weight excluding hydrogens is 277 g/mol. The number of ether oxygens (including phenoxy) is 1. The number of carboxylic acids is 1. The first-order valence-corrected chi connectivity index (χ1v) is 6.02. The van der Waals surface area contributed by atoms with Crippen molar-refractivity contribution in [2.45, 2.75) is 13.0 Å². The van der Waals surface area contributed by atoms with Crippen LogP contribution in [-0.4, -0.2) is 29.6 Å². The van der Waals surface area contributed by atoms with Gasteiger partial charge in [-0.2, -0.15) is 0 Å². The Morgan fingerprint density at radius 3 is 2.90 bits per heavy atom. The second-order valence-corrected chi connectivity index (χ2v) is 4.04. The van der Waals surface area contributed by atoms with Gasteiger partial charge in [0.2, 0.25) is 0 Å². The highest BCUT2D eigenvalue weighted by molar-refractivity contribution is 5.86. The first-order chi connectivity index (χ1) is 9.93. The molecule has 21 heavy (non-hydrogen) atoms. The SMILES string of the molecule is C#CCNC(=O)C(C)Oc1ccc(F)cc1/C=C/C(=O)O. The summed E-state index contributed by atoms with van der Waals surface area (Å²) < 4.78 is 18.6. The van der Waals surface area contributed by atoms with Crippen molar-refractivity contribution in [3.8, 4) is 18.1 Å². The molecule has 1 amide bonds. The van der Waals surface area contributed by atoms with Crippen molar-refractivity contribution in [3.05, 3.63) is 35.7 Å². The monoisotopic (exact) mass is 291 g/mol. The van der Waals surface area contributed by atoms with Gasteiger partial charge in [-0.25, -0.2) is 9.18 Å². The van der Waals surface area contributed by atoms with Gasteiger partial charge >= 0.3 is 5.97 Å². The van der Waals surface area contributed by atoms with Crippen LogP contribution >= 0.6 is 0 Å². The number of terminal acetylenes is 1. The molecule has 0 heterocycles. The fourth-order valence-electron chi connectivity index (χ4n) is 1.44. The van der Waals surface area contributed by atoms with Crippen molar-refractivity contribution in [3.63, 3.8) is 0 Å². The fraction of sp³-hybridized carbons (Fsp3) is 0.200. The van der Waals surface area contributed by atoms with Gasteiger partial charge in [0.15, 0.2) is 6.10 Å². The topological polar surface area (TPSA) is 75.6 Å². The highest BCUT2D eigenvalue weighted by atomic mass is 19.1. The molecule has 0 saturated carbocycles. The molecular formula is C15H14FNO4. The normalized spacial score (nSPS) is 11.7. The molecule has 0 radical (unpaired) electrons. The van der Waals surface area contributed by atoms with Gasteiger partial charge in [0.1, 0.15) is 11.6 Å². The summed E-state index contributed by atoms with van der Waals surface area (Å²) in [6, 6.07) is 3.59. The van der Waals surface area contributed by atoms with Crippen LogP contribution < -0.4 is 10.1 Å². The van der Waals surface area contributed by atoms with E-state index in [0.717, 1.165) is 18.2 Å². The summed E-state index contributed by atoms with van der Waals surface area (Å²) >= 11 is 0. The van der Waals surface area contributed by atoms with E-state index in [1.54, 1.807) is 0 Å².